The van der Waals surface area contributed by atoms with Gasteiger partial charge >= 0.3 is 0 Å². The van der Waals surface area contributed by atoms with Gasteiger partial charge in [-0.25, -0.2) is 0 Å². The molecular weight excluding hydrogens is 292 g/mol. The highest BCUT2D eigenvalue weighted by atomic mass is 15.2. The summed E-state index contributed by atoms with van der Waals surface area (Å²) in [5.74, 6) is 3.01. The van der Waals surface area contributed by atoms with Crippen LogP contribution < -0.4 is 0 Å². The Bertz CT molecular complexity index is 400. The normalized spacial score (nSPS) is 34.8. The first-order valence-electron chi connectivity index (χ1n) is 10.8. The molecule has 0 amide bonds. The topological polar surface area (TPSA) is 6.48 Å². The van der Waals surface area contributed by atoms with E-state index in [4.69, 9.17) is 0 Å². The average molecular weight is 335 g/mol. The second-order valence-corrected chi connectivity index (χ2v) is 10.2. The summed E-state index contributed by atoms with van der Waals surface area (Å²) in [5, 5.41) is 0. The van der Waals surface area contributed by atoms with E-state index in [0.29, 0.717) is 0 Å². The van der Waals surface area contributed by atoms with Crippen molar-refractivity contribution in [3.8, 4) is 0 Å². The molecule has 0 bridgehead atoms. The van der Waals surface area contributed by atoms with Crippen molar-refractivity contribution < 1.29 is 0 Å². The van der Waals surface area contributed by atoms with Crippen molar-refractivity contribution >= 4 is 0 Å². The van der Waals surface area contributed by atoms with Gasteiger partial charge in [-0.3, -0.25) is 0 Å². The fourth-order valence-electron chi connectivity index (χ4n) is 6.32. The second kappa shape index (κ2) is 7.27. The zero-order valence-corrected chi connectivity index (χ0v) is 17.1. The largest absolute Gasteiger partial charge is 0.306 e. The van der Waals surface area contributed by atoms with Crippen molar-refractivity contribution in [1.29, 1.82) is 0 Å². The van der Waals surface area contributed by atoms with Crippen LogP contribution in [0.1, 0.15) is 72.1 Å². The number of likely N-dealkylation sites (tertiary alicyclic amines) is 2. The second-order valence-electron chi connectivity index (χ2n) is 10.2. The smallest absolute Gasteiger partial charge is 0.00475 e. The highest BCUT2D eigenvalue weighted by molar-refractivity contribution is 4.99. The summed E-state index contributed by atoms with van der Waals surface area (Å²) in [7, 11) is 4.50. The molecule has 0 aromatic rings. The van der Waals surface area contributed by atoms with Gasteiger partial charge in [0.25, 0.3) is 0 Å². The number of hydrogen-bond acceptors (Lipinski definition) is 2. The van der Waals surface area contributed by atoms with Crippen LogP contribution in [0, 0.1) is 28.6 Å². The summed E-state index contributed by atoms with van der Waals surface area (Å²) >= 11 is 0. The van der Waals surface area contributed by atoms with E-state index in [-0.39, 0.29) is 0 Å². The van der Waals surface area contributed by atoms with Gasteiger partial charge in [0.2, 0.25) is 0 Å². The van der Waals surface area contributed by atoms with E-state index < -0.39 is 0 Å². The van der Waals surface area contributed by atoms with Gasteiger partial charge < -0.3 is 9.80 Å². The predicted octanol–water partition coefficient (Wildman–Crippen LogP) is 4.89. The highest BCUT2D eigenvalue weighted by Gasteiger charge is 2.47. The van der Waals surface area contributed by atoms with E-state index in [1.165, 1.54) is 77.5 Å². The van der Waals surface area contributed by atoms with E-state index in [0.717, 1.165) is 28.6 Å². The molecule has 2 saturated heterocycles. The SMILES string of the molecule is CC(C)C1CCC2(C1)CN(C)C2.CCC1CCC12CCN(C)CC2. The summed E-state index contributed by atoms with van der Waals surface area (Å²) in [5.41, 5.74) is 1.57. The molecule has 0 N–H and O–H groups in total. The molecule has 2 atom stereocenters. The van der Waals surface area contributed by atoms with Gasteiger partial charge in [-0.15, -0.1) is 0 Å². The number of hydrogen-bond donors (Lipinski definition) is 0. The van der Waals surface area contributed by atoms with Crippen LogP contribution in [0.4, 0.5) is 0 Å². The van der Waals surface area contributed by atoms with Crippen molar-refractivity contribution in [3.63, 3.8) is 0 Å². The van der Waals surface area contributed by atoms with Crippen LogP contribution >= 0.6 is 0 Å². The molecule has 24 heavy (non-hydrogen) atoms. The number of rotatable bonds is 2. The molecule has 2 nitrogen and oxygen atoms in total. The van der Waals surface area contributed by atoms with E-state index >= 15 is 0 Å². The van der Waals surface area contributed by atoms with Crippen LogP contribution in [0.15, 0.2) is 0 Å². The maximum Gasteiger partial charge on any atom is 0.00475 e. The van der Waals surface area contributed by atoms with Crippen LogP contribution in [0.2, 0.25) is 0 Å². The van der Waals surface area contributed by atoms with Gasteiger partial charge in [-0.2, -0.15) is 0 Å². The minimum absolute atomic E-state index is 0.768. The molecular formula is C22H42N2. The predicted molar refractivity (Wildman–Crippen MR) is 104 cm³/mol. The Labute approximate surface area is 151 Å². The zero-order chi connectivity index (χ0) is 17.4. The van der Waals surface area contributed by atoms with E-state index in [2.05, 4.69) is 44.7 Å². The lowest BCUT2D eigenvalue weighted by Gasteiger charge is -2.53. The standard InChI is InChI=1S/2C11H21N/c1-9(2)10-4-5-11(6-10)7-12(3)8-11;1-3-10-4-5-11(10)6-8-12(2)9-7-11/h9-10H,4-8H2,1-3H3;10H,3-9H2,1-2H3. The van der Waals surface area contributed by atoms with Crippen LogP contribution in [-0.4, -0.2) is 50.1 Å². The van der Waals surface area contributed by atoms with E-state index in [1.54, 1.807) is 0 Å². The molecule has 2 unspecified atom stereocenters. The van der Waals surface area contributed by atoms with Crippen molar-refractivity contribution in [3.05, 3.63) is 0 Å². The Balaban J connectivity index is 0.000000141. The summed E-state index contributed by atoms with van der Waals surface area (Å²) in [6, 6.07) is 0. The van der Waals surface area contributed by atoms with Crippen molar-refractivity contribution in [2.75, 3.05) is 40.3 Å². The maximum absolute atomic E-state index is 2.48. The Kier molecular flexibility index (Phi) is 5.67. The molecule has 2 aliphatic heterocycles. The third kappa shape index (κ3) is 3.70. The lowest BCUT2D eigenvalue weighted by Crippen LogP contribution is -2.52. The van der Waals surface area contributed by atoms with E-state index in [9.17, 15) is 0 Å². The molecule has 4 fully saturated rings. The first-order valence-corrected chi connectivity index (χ1v) is 10.8. The molecule has 0 aromatic carbocycles. The van der Waals surface area contributed by atoms with Crippen molar-refractivity contribution in [2.45, 2.75) is 72.1 Å². The molecule has 2 heteroatoms. The first kappa shape index (κ1) is 18.7. The first-order chi connectivity index (χ1) is 11.4. The van der Waals surface area contributed by atoms with Gasteiger partial charge in [-0.05, 0) is 101 Å². The molecule has 2 spiro atoms. The Hall–Kier alpha value is -0.0800. The van der Waals surface area contributed by atoms with Gasteiger partial charge in [0.1, 0.15) is 0 Å². The van der Waals surface area contributed by atoms with Gasteiger partial charge in [0, 0.05) is 13.1 Å². The number of piperidine rings is 1. The summed E-state index contributed by atoms with van der Waals surface area (Å²) in [6.45, 7) is 12.6. The third-order valence-corrected chi connectivity index (χ3v) is 8.23. The third-order valence-electron chi connectivity index (χ3n) is 8.23. The van der Waals surface area contributed by atoms with Gasteiger partial charge in [0.15, 0.2) is 0 Å². The molecule has 2 aliphatic carbocycles. The Morgan fingerprint density at radius 3 is 2.00 bits per heavy atom. The van der Waals surface area contributed by atoms with Crippen LogP contribution in [0.25, 0.3) is 0 Å². The van der Waals surface area contributed by atoms with E-state index in [1.807, 2.05) is 0 Å². The minimum Gasteiger partial charge on any atom is -0.306 e. The quantitative estimate of drug-likeness (QED) is 0.709. The van der Waals surface area contributed by atoms with Gasteiger partial charge in [-0.1, -0.05) is 27.2 Å². The summed E-state index contributed by atoms with van der Waals surface area (Å²) in [6.07, 6.45) is 11.9. The monoisotopic (exact) mass is 334 g/mol. The molecule has 2 heterocycles. The zero-order valence-electron chi connectivity index (χ0n) is 17.1. The molecule has 0 aromatic heterocycles. The fraction of sp³-hybridized carbons (Fsp3) is 1.00. The molecule has 140 valence electrons. The van der Waals surface area contributed by atoms with Crippen LogP contribution in [0.5, 0.6) is 0 Å². The fourth-order valence-corrected chi connectivity index (χ4v) is 6.32. The molecule has 0 radical (unpaired) electrons. The highest BCUT2D eigenvalue weighted by Crippen LogP contribution is 2.54. The van der Waals surface area contributed by atoms with Crippen LogP contribution in [0.3, 0.4) is 0 Å². The Morgan fingerprint density at radius 1 is 0.917 bits per heavy atom. The van der Waals surface area contributed by atoms with Crippen LogP contribution in [-0.2, 0) is 0 Å². The summed E-state index contributed by atoms with van der Waals surface area (Å²) < 4.78 is 0. The minimum atomic E-state index is 0.768. The van der Waals surface area contributed by atoms with Crippen molar-refractivity contribution in [1.82, 2.24) is 9.80 Å². The van der Waals surface area contributed by atoms with Crippen molar-refractivity contribution in [2.24, 2.45) is 28.6 Å². The lowest BCUT2D eigenvalue weighted by molar-refractivity contribution is -0.0302. The average Bonchev–Trinajstić information content (AvgIpc) is 2.93. The van der Waals surface area contributed by atoms with Gasteiger partial charge in [0.05, 0.1) is 0 Å². The number of nitrogens with zero attached hydrogens (tertiary/aromatic N) is 2. The maximum atomic E-state index is 2.48. The Morgan fingerprint density at radius 2 is 1.58 bits per heavy atom. The molecule has 4 aliphatic rings. The molecule has 2 saturated carbocycles. The summed E-state index contributed by atoms with van der Waals surface area (Å²) in [4.78, 5) is 4.94. The lowest BCUT2D eigenvalue weighted by atomic mass is 9.55. The molecule has 4 rings (SSSR count).